The van der Waals surface area contributed by atoms with Gasteiger partial charge in [0.1, 0.15) is 11.4 Å². The van der Waals surface area contributed by atoms with Crippen LogP contribution in [0.4, 0.5) is 0 Å². The molecule has 0 bridgehead atoms. The first-order valence-corrected chi connectivity index (χ1v) is 7.25. The standard InChI is InChI=1S/C17H20N2O2/c1-10-8-9-11(15(20)18-10)16-19-14-12(17(2,3)4)6-5-7-13(14)21-16/h5-7,11H,1,8-9H2,2-4H3,(H,18,20). The van der Waals surface area contributed by atoms with Crippen molar-refractivity contribution in [3.05, 3.63) is 41.9 Å². The predicted octanol–water partition coefficient (Wildman–Crippen LogP) is 3.63. The number of allylic oxidation sites excluding steroid dienone is 1. The lowest BCUT2D eigenvalue weighted by Crippen LogP contribution is -2.33. The summed E-state index contributed by atoms with van der Waals surface area (Å²) in [6.45, 7) is 10.2. The maximum atomic E-state index is 12.1. The summed E-state index contributed by atoms with van der Waals surface area (Å²) in [4.78, 5) is 16.7. The summed E-state index contributed by atoms with van der Waals surface area (Å²) in [6, 6.07) is 5.94. The number of nitrogens with zero attached hydrogens (tertiary/aromatic N) is 1. The largest absolute Gasteiger partial charge is 0.440 e. The SMILES string of the molecule is C=C1CCC(c2nc3c(C(C)(C)C)cccc3o2)C(=O)N1. The van der Waals surface area contributed by atoms with E-state index in [1.807, 2.05) is 12.1 Å². The number of aromatic nitrogens is 1. The van der Waals surface area contributed by atoms with Crippen LogP contribution in [-0.4, -0.2) is 10.9 Å². The lowest BCUT2D eigenvalue weighted by atomic mass is 9.86. The molecule has 1 aromatic carbocycles. The van der Waals surface area contributed by atoms with E-state index in [1.165, 1.54) is 0 Å². The molecule has 4 heteroatoms. The fourth-order valence-electron chi connectivity index (χ4n) is 2.73. The highest BCUT2D eigenvalue weighted by molar-refractivity contribution is 5.86. The maximum Gasteiger partial charge on any atom is 0.236 e. The minimum absolute atomic E-state index is 0.0171. The van der Waals surface area contributed by atoms with Gasteiger partial charge in [0.2, 0.25) is 11.8 Å². The summed E-state index contributed by atoms with van der Waals surface area (Å²) >= 11 is 0. The molecule has 4 nitrogen and oxygen atoms in total. The highest BCUT2D eigenvalue weighted by atomic mass is 16.3. The van der Waals surface area contributed by atoms with Gasteiger partial charge in [0.25, 0.3) is 0 Å². The van der Waals surface area contributed by atoms with Crippen molar-refractivity contribution in [1.29, 1.82) is 0 Å². The number of benzene rings is 1. The molecule has 1 N–H and O–H groups in total. The van der Waals surface area contributed by atoms with Crippen LogP contribution in [0.25, 0.3) is 11.1 Å². The number of fused-ring (bicyclic) bond motifs is 1. The number of amides is 1. The summed E-state index contributed by atoms with van der Waals surface area (Å²) in [7, 11) is 0. The van der Waals surface area contributed by atoms with Gasteiger partial charge in [0.05, 0.1) is 0 Å². The highest BCUT2D eigenvalue weighted by Crippen LogP contribution is 2.33. The Morgan fingerprint density at radius 2 is 2.14 bits per heavy atom. The maximum absolute atomic E-state index is 12.1. The molecule has 1 atom stereocenters. The Morgan fingerprint density at radius 3 is 2.81 bits per heavy atom. The lowest BCUT2D eigenvalue weighted by molar-refractivity contribution is -0.123. The van der Waals surface area contributed by atoms with Crippen molar-refractivity contribution in [3.8, 4) is 0 Å². The first kappa shape index (κ1) is 13.9. The Morgan fingerprint density at radius 1 is 1.38 bits per heavy atom. The van der Waals surface area contributed by atoms with Crippen molar-refractivity contribution >= 4 is 17.0 Å². The van der Waals surface area contributed by atoms with Gasteiger partial charge in [-0.25, -0.2) is 4.98 Å². The molecular formula is C17H20N2O2. The zero-order chi connectivity index (χ0) is 15.2. The molecule has 21 heavy (non-hydrogen) atoms. The topological polar surface area (TPSA) is 55.1 Å². The molecule has 1 aromatic heterocycles. The quantitative estimate of drug-likeness (QED) is 0.870. The Kier molecular flexibility index (Phi) is 3.12. The van der Waals surface area contributed by atoms with Crippen LogP contribution in [0.1, 0.15) is 51.0 Å². The number of piperidine rings is 1. The number of carbonyl (C=O) groups is 1. The van der Waals surface area contributed by atoms with E-state index in [4.69, 9.17) is 4.42 Å². The van der Waals surface area contributed by atoms with Crippen molar-refractivity contribution in [3.63, 3.8) is 0 Å². The molecule has 1 unspecified atom stereocenters. The molecule has 1 saturated heterocycles. The molecule has 1 fully saturated rings. The number of para-hydroxylation sites is 1. The number of oxazole rings is 1. The number of hydrogen-bond acceptors (Lipinski definition) is 3. The summed E-state index contributed by atoms with van der Waals surface area (Å²) in [5.41, 5.74) is 3.49. The number of rotatable bonds is 1. The Bertz CT molecular complexity index is 722. The summed E-state index contributed by atoms with van der Waals surface area (Å²) in [5, 5.41) is 2.78. The van der Waals surface area contributed by atoms with Gasteiger partial charge in [-0.2, -0.15) is 0 Å². The van der Waals surface area contributed by atoms with Crippen LogP contribution in [-0.2, 0) is 10.2 Å². The minimum Gasteiger partial charge on any atom is -0.440 e. The summed E-state index contributed by atoms with van der Waals surface area (Å²) < 4.78 is 5.85. The van der Waals surface area contributed by atoms with Crippen molar-refractivity contribution in [2.75, 3.05) is 0 Å². The van der Waals surface area contributed by atoms with E-state index in [-0.39, 0.29) is 17.2 Å². The monoisotopic (exact) mass is 284 g/mol. The third-order valence-corrected chi connectivity index (χ3v) is 3.89. The molecule has 110 valence electrons. The first-order valence-electron chi connectivity index (χ1n) is 7.25. The molecule has 1 amide bonds. The zero-order valence-corrected chi connectivity index (χ0v) is 12.7. The van der Waals surface area contributed by atoms with E-state index in [1.54, 1.807) is 0 Å². The molecule has 1 aliphatic rings. The highest BCUT2D eigenvalue weighted by Gasteiger charge is 2.31. The molecule has 1 aliphatic heterocycles. The van der Waals surface area contributed by atoms with Crippen molar-refractivity contribution < 1.29 is 9.21 Å². The van der Waals surface area contributed by atoms with E-state index >= 15 is 0 Å². The van der Waals surface area contributed by atoms with Crippen molar-refractivity contribution in [2.24, 2.45) is 0 Å². The van der Waals surface area contributed by atoms with Gasteiger partial charge in [-0.15, -0.1) is 0 Å². The molecular weight excluding hydrogens is 264 g/mol. The van der Waals surface area contributed by atoms with Crippen molar-refractivity contribution in [1.82, 2.24) is 10.3 Å². The van der Waals surface area contributed by atoms with Crippen LogP contribution in [0.15, 0.2) is 34.9 Å². The molecule has 0 aliphatic carbocycles. The fraction of sp³-hybridized carbons (Fsp3) is 0.412. The number of nitrogens with one attached hydrogen (secondary N) is 1. The molecule has 0 radical (unpaired) electrons. The third-order valence-electron chi connectivity index (χ3n) is 3.89. The molecule has 2 heterocycles. The van der Waals surface area contributed by atoms with Crippen LogP contribution in [0.2, 0.25) is 0 Å². The smallest absolute Gasteiger partial charge is 0.236 e. The van der Waals surface area contributed by atoms with Crippen molar-refractivity contribution in [2.45, 2.75) is 44.9 Å². The number of carbonyl (C=O) groups excluding carboxylic acids is 1. The van der Waals surface area contributed by atoms with E-state index in [2.05, 4.69) is 43.7 Å². The van der Waals surface area contributed by atoms with Crippen LogP contribution in [0.5, 0.6) is 0 Å². The molecule has 0 saturated carbocycles. The van der Waals surface area contributed by atoms with Gasteiger partial charge >= 0.3 is 0 Å². The fourth-order valence-corrected chi connectivity index (χ4v) is 2.73. The van der Waals surface area contributed by atoms with Gasteiger partial charge in [-0.1, -0.05) is 39.5 Å². The van der Waals surface area contributed by atoms with Crippen LogP contribution >= 0.6 is 0 Å². The summed E-state index contributed by atoms with van der Waals surface area (Å²) in [6.07, 6.45) is 1.46. The van der Waals surface area contributed by atoms with Gasteiger partial charge in [0.15, 0.2) is 5.58 Å². The second-order valence-corrected chi connectivity index (χ2v) is 6.64. The van der Waals surface area contributed by atoms with Crippen LogP contribution in [0, 0.1) is 0 Å². The summed E-state index contributed by atoms with van der Waals surface area (Å²) in [5.74, 6) is 0.109. The van der Waals surface area contributed by atoms with Gasteiger partial charge < -0.3 is 9.73 Å². The average molecular weight is 284 g/mol. The van der Waals surface area contributed by atoms with E-state index in [9.17, 15) is 4.79 Å². The van der Waals surface area contributed by atoms with E-state index in [0.717, 1.165) is 28.8 Å². The Hall–Kier alpha value is -2.10. The average Bonchev–Trinajstić information content (AvgIpc) is 2.80. The van der Waals surface area contributed by atoms with Crippen LogP contribution < -0.4 is 5.32 Å². The second kappa shape index (κ2) is 4.72. The normalized spacial score (nSPS) is 19.9. The van der Waals surface area contributed by atoms with Gasteiger partial charge in [-0.3, -0.25) is 4.79 Å². The third kappa shape index (κ3) is 2.46. The van der Waals surface area contributed by atoms with Gasteiger partial charge in [0, 0.05) is 5.70 Å². The van der Waals surface area contributed by atoms with E-state index < -0.39 is 0 Å². The van der Waals surface area contributed by atoms with Crippen LogP contribution in [0.3, 0.4) is 0 Å². The molecule has 0 spiro atoms. The molecule has 2 aromatic rings. The number of hydrogen-bond donors (Lipinski definition) is 1. The first-order chi connectivity index (χ1) is 9.86. The Labute approximate surface area is 124 Å². The zero-order valence-electron chi connectivity index (χ0n) is 12.7. The van der Waals surface area contributed by atoms with E-state index in [0.29, 0.717) is 12.3 Å². The molecule has 3 rings (SSSR count). The second-order valence-electron chi connectivity index (χ2n) is 6.64. The minimum atomic E-state index is -0.323. The van der Waals surface area contributed by atoms with Gasteiger partial charge in [-0.05, 0) is 29.9 Å². The Balaban J connectivity index is 2.06. The lowest BCUT2D eigenvalue weighted by Gasteiger charge is -2.20. The predicted molar refractivity (Wildman–Crippen MR) is 82.0 cm³/mol.